The van der Waals surface area contributed by atoms with Crippen molar-refractivity contribution in [2.24, 2.45) is 0 Å². The van der Waals surface area contributed by atoms with Crippen molar-refractivity contribution in [2.45, 2.75) is 24.9 Å². The summed E-state index contributed by atoms with van der Waals surface area (Å²) in [6.07, 6.45) is 7.52. The maximum Gasteiger partial charge on any atom is 0.373 e. The van der Waals surface area contributed by atoms with Crippen LogP contribution >= 0.6 is 23.6 Å². The Morgan fingerprint density at radius 2 is 1.17 bits per heavy atom. The maximum absolute atomic E-state index is 12.0. The molecule has 0 fully saturated rings. The summed E-state index contributed by atoms with van der Waals surface area (Å²) in [6, 6.07) is 38.1. The molecule has 2 atom stereocenters. The SMILES string of the molecule is CP(C)c1ccc(-c2ccc3c4cc(C/C=C\C(CCCO)P(C)C)ccc4c4cc(-c5ccc([P+](C)=O)cc5)ccc4c3c2)cc1. The first kappa shape index (κ1) is 33.7. The second kappa shape index (κ2) is 14.9. The minimum Gasteiger partial charge on any atom is -0.396 e. The van der Waals surface area contributed by atoms with E-state index in [0.29, 0.717) is 5.66 Å². The highest BCUT2D eigenvalue weighted by Crippen LogP contribution is 2.40. The molecule has 47 heavy (non-hydrogen) atoms. The third-order valence-electron chi connectivity index (χ3n) is 9.31. The summed E-state index contributed by atoms with van der Waals surface area (Å²) in [5.41, 5.74) is 6.62. The standard InChI is InChI=1S/C42H44O2P3/c1-45(2)34(10-7-25-43)9-6-8-29-11-22-37-40(26-29)38-23-16-32(30-12-18-35(19-13-30)46(3)4)28-42(38)39-24-17-33(27-41(37)39)31-14-20-36(21-15-31)47(5)44/h6,9,11-24,26-28,34,43H,7-8,10,25H2,1-5H3/q+1/b9-6-. The average molecular weight is 674 g/mol. The summed E-state index contributed by atoms with van der Waals surface area (Å²) < 4.78 is 12.0. The maximum atomic E-state index is 12.0. The summed E-state index contributed by atoms with van der Waals surface area (Å²) >= 11 is 0. The molecule has 1 N–H and O–H groups in total. The fourth-order valence-electron chi connectivity index (χ4n) is 6.54. The molecule has 238 valence electrons. The van der Waals surface area contributed by atoms with E-state index in [2.05, 4.69) is 130 Å². The largest absolute Gasteiger partial charge is 0.396 e. The van der Waals surface area contributed by atoms with Crippen molar-refractivity contribution in [1.82, 2.24) is 0 Å². The molecule has 6 aromatic rings. The molecule has 0 heterocycles. The molecule has 0 amide bonds. The minimum atomic E-state index is -1.36. The molecule has 0 bridgehead atoms. The smallest absolute Gasteiger partial charge is 0.373 e. The number of benzene rings is 6. The van der Waals surface area contributed by atoms with E-state index in [1.165, 1.54) is 54.3 Å². The lowest BCUT2D eigenvalue weighted by Gasteiger charge is -2.17. The highest BCUT2D eigenvalue weighted by molar-refractivity contribution is 7.64. The summed E-state index contributed by atoms with van der Waals surface area (Å²) in [4.78, 5) is 0. The normalized spacial score (nSPS) is 13.1. The van der Waals surface area contributed by atoms with Crippen molar-refractivity contribution < 1.29 is 9.67 Å². The zero-order chi connectivity index (χ0) is 33.1. The number of allylic oxidation sites excluding steroid dienone is 2. The van der Waals surface area contributed by atoms with Gasteiger partial charge in [-0.25, -0.2) is 0 Å². The quantitative estimate of drug-likeness (QED) is 0.0844. The van der Waals surface area contributed by atoms with Crippen molar-refractivity contribution in [2.75, 3.05) is 39.9 Å². The van der Waals surface area contributed by atoms with Crippen LogP contribution in [0.5, 0.6) is 0 Å². The van der Waals surface area contributed by atoms with Gasteiger partial charge in [0, 0.05) is 6.61 Å². The Morgan fingerprint density at radius 1 is 0.660 bits per heavy atom. The summed E-state index contributed by atoms with van der Waals surface area (Å²) in [5.74, 6) is 0. The van der Waals surface area contributed by atoms with Crippen LogP contribution in [-0.4, -0.2) is 50.7 Å². The molecule has 5 heteroatoms. The molecule has 0 aliphatic carbocycles. The van der Waals surface area contributed by atoms with Crippen LogP contribution in [-0.2, 0) is 11.0 Å². The van der Waals surface area contributed by atoms with E-state index in [4.69, 9.17) is 0 Å². The number of fused-ring (bicyclic) bond motifs is 6. The van der Waals surface area contributed by atoms with Gasteiger partial charge in [0.25, 0.3) is 0 Å². The van der Waals surface area contributed by atoms with Gasteiger partial charge in [0.1, 0.15) is 6.66 Å². The van der Waals surface area contributed by atoms with E-state index < -0.39 is 7.80 Å². The lowest BCUT2D eigenvalue weighted by molar-refractivity contribution is 0.285. The average Bonchev–Trinajstić information content (AvgIpc) is 3.09. The fraction of sp³-hybridized carbons (Fsp3) is 0.238. The lowest BCUT2D eigenvalue weighted by atomic mass is 9.89. The van der Waals surface area contributed by atoms with E-state index in [1.54, 1.807) is 6.66 Å². The molecule has 2 unspecified atom stereocenters. The second-order valence-corrected chi connectivity index (χ2v) is 19.3. The van der Waals surface area contributed by atoms with Crippen LogP contribution in [0, 0.1) is 0 Å². The topological polar surface area (TPSA) is 37.3 Å². The molecule has 0 saturated heterocycles. The first-order chi connectivity index (χ1) is 22.7. The van der Waals surface area contributed by atoms with E-state index in [0.717, 1.165) is 35.7 Å². The van der Waals surface area contributed by atoms with Crippen molar-refractivity contribution >= 4 is 66.6 Å². The van der Waals surface area contributed by atoms with Crippen LogP contribution in [0.4, 0.5) is 0 Å². The van der Waals surface area contributed by atoms with Crippen LogP contribution < -0.4 is 10.6 Å². The van der Waals surface area contributed by atoms with Crippen LogP contribution in [0.2, 0.25) is 0 Å². The van der Waals surface area contributed by atoms with Crippen molar-refractivity contribution in [3.63, 3.8) is 0 Å². The van der Waals surface area contributed by atoms with Gasteiger partial charge in [0.05, 0.1) is 0 Å². The van der Waals surface area contributed by atoms with Crippen molar-refractivity contribution in [3.8, 4) is 22.3 Å². The third-order valence-corrected chi connectivity index (χ3v) is 13.4. The molecule has 2 nitrogen and oxygen atoms in total. The van der Waals surface area contributed by atoms with E-state index in [9.17, 15) is 9.67 Å². The molecular formula is C42H44O2P3+. The first-order valence-corrected chi connectivity index (χ1v) is 22.6. The molecule has 6 rings (SSSR count). The molecular weight excluding hydrogens is 629 g/mol. The molecule has 0 aliphatic heterocycles. The Balaban J connectivity index is 1.49. The predicted molar refractivity (Wildman–Crippen MR) is 213 cm³/mol. The zero-order valence-electron chi connectivity index (χ0n) is 28.1. The number of aliphatic hydroxyl groups excluding tert-OH is 1. The zero-order valence-corrected chi connectivity index (χ0v) is 30.8. The van der Waals surface area contributed by atoms with Crippen LogP contribution in [0.1, 0.15) is 18.4 Å². The predicted octanol–water partition coefficient (Wildman–Crippen LogP) is 10.9. The molecule has 0 aromatic heterocycles. The highest BCUT2D eigenvalue weighted by Gasteiger charge is 2.15. The number of aliphatic hydroxyl groups is 1. The first-order valence-electron chi connectivity index (χ1n) is 16.4. The summed E-state index contributed by atoms with van der Waals surface area (Å²) in [7, 11) is -1.58. The molecule has 0 radical (unpaired) electrons. The summed E-state index contributed by atoms with van der Waals surface area (Å²) in [6.45, 7) is 11.3. The molecule has 6 aromatic carbocycles. The number of rotatable bonds is 11. The van der Waals surface area contributed by atoms with Gasteiger partial charge in [-0.3, -0.25) is 0 Å². The van der Waals surface area contributed by atoms with Gasteiger partial charge in [-0.1, -0.05) is 91.4 Å². The van der Waals surface area contributed by atoms with Crippen LogP contribution in [0.3, 0.4) is 0 Å². The Bertz CT molecular complexity index is 2080. The third kappa shape index (κ3) is 7.43. The van der Waals surface area contributed by atoms with Gasteiger partial charge in [-0.2, -0.15) is 0 Å². The summed E-state index contributed by atoms with van der Waals surface area (Å²) in [5, 5.41) is 19.3. The van der Waals surface area contributed by atoms with Gasteiger partial charge in [-0.05, 0) is 153 Å². The molecule has 0 aliphatic rings. The second-order valence-electron chi connectivity index (χ2n) is 12.9. The van der Waals surface area contributed by atoms with E-state index >= 15 is 0 Å². The van der Waals surface area contributed by atoms with Crippen molar-refractivity contribution in [1.29, 1.82) is 0 Å². The Kier molecular flexibility index (Phi) is 10.7. The van der Waals surface area contributed by atoms with Gasteiger partial charge in [-0.15, -0.1) is 7.92 Å². The molecule has 0 spiro atoms. The van der Waals surface area contributed by atoms with Crippen LogP contribution in [0.25, 0.3) is 54.6 Å². The van der Waals surface area contributed by atoms with Crippen LogP contribution in [0.15, 0.2) is 115 Å². The monoisotopic (exact) mass is 673 g/mol. The minimum absolute atomic E-state index is 0.0949. The Labute approximate surface area is 283 Å². The number of hydrogen-bond acceptors (Lipinski definition) is 2. The van der Waals surface area contributed by atoms with Gasteiger partial charge in [0.15, 0.2) is 5.30 Å². The lowest BCUT2D eigenvalue weighted by Crippen LogP contribution is -2.02. The molecule has 0 saturated carbocycles. The highest BCUT2D eigenvalue weighted by atomic mass is 31.1. The van der Waals surface area contributed by atoms with Gasteiger partial charge < -0.3 is 5.11 Å². The van der Waals surface area contributed by atoms with Crippen molar-refractivity contribution in [3.05, 3.63) is 121 Å². The fourth-order valence-corrected chi connectivity index (χ4v) is 9.02. The Morgan fingerprint density at radius 3 is 1.68 bits per heavy atom. The van der Waals surface area contributed by atoms with E-state index in [1.807, 2.05) is 12.1 Å². The number of hydrogen-bond donors (Lipinski definition) is 1. The van der Waals surface area contributed by atoms with Gasteiger partial charge >= 0.3 is 7.80 Å². The van der Waals surface area contributed by atoms with E-state index in [-0.39, 0.29) is 22.5 Å². The van der Waals surface area contributed by atoms with Gasteiger partial charge in [0.2, 0.25) is 0 Å². The Hall–Kier alpha value is -3.24.